The van der Waals surface area contributed by atoms with E-state index in [9.17, 15) is 4.39 Å². The van der Waals surface area contributed by atoms with Crippen LogP contribution in [0.1, 0.15) is 49.6 Å². The van der Waals surface area contributed by atoms with Crippen molar-refractivity contribution in [2.24, 2.45) is 0 Å². The second-order valence-corrected chi connectivity index (χ2v) is 7.63. The minimum Gasteiger partial charge on any atom is -0.419 e. The van der Waals surface area contributed by atoms with Crippen LogP contribution in [0.5, 0.6) is 0 Å². The van der Waals surface area contributed by atoms with Crippen molar-refractivity contribution in [1.29, 1.82) is 0 Å². The van der Waals surface area contributed by atoms with Crippen molar-refractivity contribution in [2.75, 3.05) is 6.54 Å². The third-order valence-electron chi connectivity index (χ3n) is 5.17. The third kappa shape index (κ3) is 5.48. The van der Waals surface area contributed by atoms with Crippen LogP contribution in [0.15, 0.2) is 64.6 Å². The van der Waals surface area contributed by atoms with Crippen molar-refractivity contribution in [3.05, 3.63) is 82.5 Å². The highest BCUT2D eigenvalue weighted by Crippen LogP contribution is 2.29. The Balaban J connectivity index is 0.00000256. The molecule has 4 rings (SSSR count). The van der Waals surface area contributed by atoms with Gasteiger partial charge in [-0.25, -0.2) is 4.39 Å². The number of hydrogen-bond donors (Lipinski definition) is 1. The van der Waals surface area contributed by atoms with Crippen molar-refractivity contribution in [3.8, 4) is 11.5 Å². The van der Waals surface area contributed by atoms with E-state index in [4.69, 9.17) is 16.0 Å². The predicted octanol–water partition coefficient (Wildman–Crippen LogP) is 6.52. The zero-order valence-corrected chi connectivity index (χ0v) is 18.1. The Hall–Kier alpha value is -2.21. The van der Waals surface area contributed by atoms with Gasteiger partial charge in [-0.05, 0) is 68.5 Å². The molecule has 0 saturated heterocycles. The van der Waals surface area contributed by atoms with Crippen LogP contribution in [-0.2, 0) is 0 Å². The van der Waals surface area contributed by atoms with E-state index >= 15 is 0 Å². The third-order valence-corrected chi connectivity index (χ3v) is 5.50. The van der Waals surface area contributed by atoms with Gasteiger partial charge in [0.1, 0.15) is 11.9 Å². The molecular formula is C23H24Cl2FN3O. The van der Waals surface area contributed by atoms with Gasteiger partial charge in [0.15, 0.2) is 0 Å². The number of nitrogens with zero attached hydrogens (tertiary/aromatic N) is 2. The number of halogens is 3. The average Bonchev–Trinajstić information content (AvgIpc) is 3.23. The summed E-state index contributed by atoms with van der Waals surface area (Å²) < 4.78 is 19.4. The normalized spacial score (nSPS) is 14.7. The molecule has 0 aliphatic heterocycles. The fourth-order valence-electron chi connectivity index (χ4n) is 3.61. The van der Waals surface area contributed by atoms with Gasteiger partial charge in [-0.1, -0.05) is 47.5 Å². The van der Waals surface area contributed by atoms with E-state index in [0.29, 0.717) is 22.4 Å². The van der Waals surface area contributed by atoms with Gasteiger partial charge >= 0.3 is 0 Å². The molecule has 0 spiro atoms. The molecule has 1 atom stereocenters. The monoisotopic (exact) mass is 447 g/mol. The highest BCUT2D eigenvalue weighted by Gasteiger charge is 2.22. The van der Waals surface area contributed by atoms with Crippen LogP contribution in [-0.4, -0.2) is 16.7 Å². The summed E-state index contributed by atoms with van der Waals surface area (Å²) in [5.41, 5.74) is 3.06. The summed E-state index contributed by atoms with van der Waals surface area (Å²) in [6.45, 7) is 0.775. The summed E-state index contributed by atoms with van der Waals surface area (Å²) in [7, 11) is 0. The maximum Gasteiger partial charge on any atom is 0.249 e. The summed E-state index contributed by atoms with van der Waals surface area (Å²) in [5.74, 6) is 0.529. The smallest absolute Gasteiger partial charge is 0.249 e. The molecule has 0 bridgehead atoms. The molecule has 0 saturated carbocycles. The molecule has 3 aromatic rings. The molecule has 0 amide bonds. The number of benzene rings is 2. The van der Waals surface area contributed by atoms with E-state index in [0.717, 1.165) is 18.5 Å². The molecule has 0 radical (unpaired) electrons. The minimum absolute atomic E-state index is 0. The van der Waals surface area contributed by atoms with Crippen molar-refractivity contribution in [3.63, 3.8) is 0 Å². The van der Waals surface area contributed by atoms with Crippen LogP contribution in [0.25, 0.3) is 11.5 Å². The summed E-state index contributed by atoms with van der Waals surface area (Å²) in [5, 5.41) is 12.5. The van der Waals surface area contributed by atoms with Crippen LogP contribution in [0.4, 0.5) is 4.39 Å². The lowest BCUT2D eigenvalue weighted by Gasteiger charge is -2.18. The largest absolute Gasteiger partial charge is 0.419 e. The van der Waals surface area contributed by atoms with E-state index in [1.807, 2.05) is 18.2 Å². The zero-order valence-electron chi connectivity index (χ0n) is 16.5. The lowest BCUT2D eigenvalue weighted by Crippen LogP contribution is -2.24. The first-order valence-electron chi connectivity index (χ1n) is 9.96. The second-order valence-electron chi connectivity index (χ2n) is 7.22. The van der Waals surface area contributed by atoms with Gasteiger partial charge in [0.25, 0.3) is 0 Å². The first-order chi connectivity index (χ1) is 14.2. The standard InChI is InChI=1S/C23H23ClFN3O.ClH/c24-20-9-5-4-8-19(20)22-27-28-23(29-22)21(17-10-12-18(25)13-11-17)26-15-14-16-6-2-1-3-7-16;/h4-6,8-13,21,26H,1-3,7,14-15H2;1H. The van der Waals surface area contributed by atoms with Crippen LogP contribution < -0.4 is 5.32 Å². The van der Waals surface area contributed by atoms with Crippen molar-refractivity contribution in [1.82, 2.24) is 15.5 Å². The van der Waals surface area contributed by atoms with E-state index in [1.165, 1.54) is 43.4 Å². The number of allylic oxidation sites excluding steroid dienone is 1. The molecule has 1 aliphatic rings. The van der Waals surface area contributed by atoms with Crippen molar-refractivity contribution in [2.45, 2.75) is 38.1 Å². The molecule has 1 unspecified atom stereocenters. The first kappa shape index (κ1) is 22.5. The average molecular weight is 448 g/mol. The van der Waals surface area contributed by atoms with Gasteiger partial charge in [0, 0.05) is 0 Å². The van der Waals surface area contributed by atoms with Crippen molar-refractivity contribution >= 4 is 24.0 Å². The van der Waals surface area contributed by atoms with Crippen LogP contribution in [0, 0.1) is 5.82 Å². The molecule has 158 valence electrons. The van der Waals surface area contributed by atoms with Gasteiger partial charge < -0.3 is 9.73 Å². The fraction of sp³-hybridized carbons (Fsp3) is 0.304. The Labute approximate surface area is 187 Å². The van der Waals surface area contributed by atoms with Gasteiger partial charge in [-0.3, -0.25) is 0 Å². The second kappa shape index (κ2) is 10.7. The minimum atomic E-state index is -0.316. The molecule has 1 heterocycles. The lowest BCUT2D eigenvalue weighted by molar-refractivity contribution is 0.438. The molecule has 0 fully saturated rings. The molecule has 1 aromatic heterocycles. The predicted molar refractivity (Wildman–Crippen MR) is 119 cm³/mol. The van der Waals surface area contributed by atoms with E-state index < -0.39 is 0 Å². The Kier molecular flexibility index (Phi) is 8.02. The Bertz CT molecular complexity index is 988. The van der Waals surface area contributed by atoms with E-state index in [2.05, 4.69) is 21.6 Å². The van der Waals surface area contributed by atoms with Gasteiger partial charge in [0.2, 0.25) is 11.8 Å². The number of nitrogens with one attached hydrogen (secondary N) is 1. The molecular weight excluding hydrogens is 424 g/mol. The van der Waals surface area contributed by atoms with Crippen LogP contribution in [0.3, 0.4) is 0 Å². The lowest BCUT2D eigenvalue weighted by atomic mass is 9.97. The van der Waals surface area contributed by atoms with E-state index in [1.54, 1.807) is 18.2 Å². The highest BCUT2D eigenvalue weighted by atomic mass is 35.5. The highest BCUT2D eigenvalue weighted by molar-refractivity contribution is 6.33. The Morgan fingerprint density at radius 1 is 1.07 bits per heavy atom. The Morgan fingerprint density at radius 3 is 2.60 bits per heavy atom. The molecule has 7 heteroatoms. The van der Waals surface area contributed by atoms with E-state index in [-0.39, 0.29) is 24.3 Å². The summed E-state index contributed by atoms with van der Waals surface area (Å²) in [6.07, 6.45) is 8.20. The number of rotatable bonds is 7. The maximum atomic E-state index is 13.4. The maximum absolute atomic E-state index is 13.4. The number of aromatic nitrogens is 2. The van der Waals surface area contributed by atoms with Crippen LogP contribution >= 0.6 is 24.0 Å². The molecule has 1 aliphatic carbocycles. The summed E-state index contributed by atoms with van der Waals surface area (Å²) in [4.78, 5) is 0. The van der Waals surface area contributed by atoms with Crippen molar-refractivity contribution < 1.29 is 8.81 Å². The fourth-order valence-corrected chi connectivity index (χ4v) is 3.82. The van der Waals surface area contributed by atoms with Crippen LogP contribution in [0.2, 0.25) is 5.02 Å². The number of hydrogen-bond acceptors (Lipinski definition) is 4. The molecule has 1 N–H and O–H groups in total. The first-order valence-corrected chi connectivity index (χ1v) is 10.3. The summed E-state index contributed by atoms with van der Waals surface area (Å²) in [6, 6.07) is 13.4. The molecule has 4 nitrogen and oxygen atoms in total. The SMILES string of the molecule is Cl.Fc1ccc(C(NCCC2=CCCCC2)c2nnc(-c3ccccc3Cl)o2)cc1. The van der Waals surface area contributed by atoms with Gasteiger partial charge in [-0.2, -0.15) is 0 Å². The molecule has 30 heavy (non-hydrogen) atoms. The quantitative estimate of drug-likeness (QED) is 0.418. The Morgan fingerprint density at radius 2 is 1.87 bits per heavy atom. The summed E-state index contributed by atoms with van der Waals surface area (Å²) >= 11 is 6.26. The van der Waals surface area contributed by atoms with Gasteiger partial charge in [0.05, 0.1) is 10.6 Å². The topological polar surface area (TPSA) is 51.0 Å². The van der Waals surface area contributed by atoms with Gasteiger partial charge in [-0.15, -0.1) is 22.6 Å². The molecule has 2 aromatic carbocycles. The zero-order chi connectivity index (χ0) is 20.1.